The van der Waals surface area contributed by atoms with Gasteiger partial charge < -0.3 is 20.5 Å². The number of aromatic nitrogens is 1. The van der Waals surface area contributed by atoms with Gasteiger partial charge in [0.25, 0.3) is 5.91 Å². The number of aliphatic hydroxyl groups excluding tert-OH is 1. The predicted octanol–water partition coefficient (Wildman–Crippen LogP) is 3.40. The van der Waals surface area contributed by atoms with Gasteiger partial charge in [0.2, 0.25) is 5.91 Å². The van der Waals surface area contributed by atoms with E-state index in [-0.39, 0.29) is 31.6 Å². The molecular formula is C22H25Cl2N3O4. The number of pyridine rings is 1. The van der Waals surface area contributed by atoms with Crippen molar-refractivity contribution in [3.63, 3.8) is 0 Å². The normalized spacial score (nSPS) is 15.2. The van der Waals surface area contributed by atoms with E-state index in [0.717, 1.165) is 24.8 Å². The molecule has 0 aliphatic heterocycles. The third kappa shape index (κ3) is 6.32. The summed E-state index contributed by atoms with van der Waals surface area (Å²) in [5.41, 5.74) is 0.379. The maximum absolute atomic E-state index is 13.1. The van der Waals surface area contributed by atoms with Crippen molar-refractivity contribution < 1.29 is 19.4 Å². The van der Waals surface area contributed by atoms with Gasteiger partial charge in [-0.05, 0) is 42.7 Å². The standard InChI is InChI=1S/C22H25Cl2N3O4/c23-18-5-4-17(11-19(18)24)31-14-20(29)27-22(7-2-1-3-8-22)21(30)26-12-16-10-15(13-28)6-9-25-16/h4-6,9-11,28H,1-3,7-8,12-14H2,(H,26,30)(H,27,29). The number of aliphatic hydroxyl groups is 1. The van der Waals surface area contributed by atoms with Crippen LogP contribution in [0.3, 0.4) is 0 Å². The maximum atomic E-state index is 13.1. The lowest BCUT2D eigenvalue weighted by Crippen LogP contribution is -2.60. The summed E-state index contributed by atoms with van der Waals surface area (Å²) in [4.78, 5) is 29.9. The Labute approximate surface area is 191 Å². The zero-order valence-corrected chi connectivity index (χ0v) is 18.5. The van der Waals surface area contributed by atoms with Gasteiger partial charge in [-0.3, -0.25) is 14.6 Å². The zero-order valence-electron chi connectivity index (χ0n) is 17.0. The highest BCUT2D eigenvalue weighted by atomic mass is 35.5. The Morgan fingerprint density at radius 3 is 2.58 bits per heavy atom. The molecule has 1 saturated carbocycles. The second kappa shape index (κ2) is 10.8. The fourth-order valence-electron chi connectivity index (χ4n) is 3.65. The van der Waals surface area contributed by atoms with Crippen LogP contribution in [0.25, 0.3) is 0 Å². The van der Waals surface area contributed by atoms with Crippen molar-refractivity contribution in [2.45, 2.75) is 50.8 Å². The second-order valence-corrected chi connectivity index (χ2v) is 8.37. The number of halogens is 2. The largest absolute Gasteiger partial charge is 0.484 e. The van der Waals surface area contributed by atoms with Crippen LogP contribution >= 0.6 is 23.2 Å². The molecule has 0 radical (unpaired) electrons. The van der Waals surface area contributed by atoms with Gasteiger partial charge in [0.1, 0.15) is 11.3 Å². The highest BCUT2D eigenvalue weighted by molar-refractivity contribution is 6.42. The Kier molecular flexibility index (Phi) is 8.12. The molecule has 1 fully saturated rings. The summed E-state index contributed by atoms with van der Waals surface area (Å²) >= 11 is 11.9. The smallest absolute Gasteiger partial charge is 0.258 e. The van der Waals surface area contributed by atoms with E-state index >= 15 is 0 Å². The number of carbonyl (C=O) groups is 2. The van der Waals surface area contributed by atoms with Gasteiger partial charge in [-0.2, -0.15) is 0 Å². The third-order valence-electron chi connectivity index (χ3n) is 5.28. The number of nitrogens with zero attached hydrogens (tertiary/aromatic N) is 1. The van der Waals surface area contributed by atoms with Crippen molar-refractivity contribution in [3.8, 4) is 5.75 Å². The summed E-state index contributed by atoms with van der Waals surface area (Å²) in [6.07, 6.45) is 5.42. The van der Waals surface area contributed by atoms with Crippen molar-refractivity contribution in [3.05, 3.63) is 57.8 Å². The molecule has 1 heterocycles. The van der Waals surface area contributed by atoms with Gasteiger partial charge in [0.05, 0.1) is 28.9 Å². The number of carbonyl (C=O) groups excluding carboxylic acids is 2. The topological polar surface area (TPSA) is 101 Å². The molecule has 1 aliphatic rings. The molecular weight excluding hydrogens is 441 g/mol. The number of ether oxygens (including phenoxy) is 1. The summed E-state index contributed by atoms with van der Waals surface area (Å²) in [6, 6.07) is 8.19. The van der Waals surface area contributed by atoms with E-state index in [1.54, 1.807) is 30.5 Å². The first kappa shape index (κ1) is 23.3. The number of nitrogens with one attached hydrogen (secondary N) is 2. The van der Waals surface area contributed by atoms with Gasteiger partial charge in [0, 0.05) is 12.3 Å². The van der Waals surface area contributed by atoms with Crippen LogP contribution in [0.5, 0.6) is 5.75 Å². The molecule has 0 unspecified atom stereocenters. The minimum absolute atomic E-state index is 0.0949. The minimum Gasteiger partial charge on any atom is -0.484 e. The van der Waals surface area contributed by atoms with Gasteiger partial charge in [-0.25, -0.2) is 0 Å². The number of hydrogen-bond donors (Lipinski definition) is 3. The lowest BCUT2D eigenvalue weighted by molar-refractivity contribution is -0.136. The summed E-state index contributed by atoms with van der Waals surface area (Å²) in [6.45, 7) is -0.126. The monoisotopic (exact) mass is 465 g/mol. The fourth-order valence-corrected chi connectivity index (χ4v) is 3.93. The summed E-state index contributed by atoms with van der Waals surface area (Å²) in [5.74, 6) is -0.212. The molecule has 1 aromatic carbocycles. The Bertz CT molecular complexity index is 933. The molecule has 1 aliphatic carbocycles. The molecule has 7 nitrogen and oxygen atoms in total. The van der Waals surface area contributed by atoms with Crippen LogP contribution in [0.2, 0.25) is 10.0 Å². The van der Waals surface area contributed by atoms with Crippen molar-refractivity contribution >= 4 is 35.0 Å². The lowest BCUT2D eigenvalue weighted by atomic mass is 9.80. The van der Waals surface area contributed by atoms with Crippen LogP contribution in [0.4, 0.5) is 0 Å². The average molecular weight is 466 g/mol. The molecule has 1 aromatic heterocycles. The van der Waals surface area contributed by atoms with Crippen molar-refractivity contribution in [2.75, 3.05) is 6.61 Å². The third-order valence-corrected chi connectivity index (χ3v) is 6.01. The van der Waals surface area contributed by atoms with Gasteiger partial charge in [0.15, 0.2) is 6.61 Å². The van der Waals surface area contributed by atoms with E-state index in [4.69, 9.17) is 27.9 Å². The van der Waals surface area contributed by atoms with Crippen LogP contribution < -0.4 is 15.4 Å². The molecule has 0 saturated heterocycles. The number of rotatable bonds is 8. The molecule has 0 spiro atoms. The zero-order chi connectivity index (χ0) is 22.3. The SMILES string of the molecule is O=C(COc1ccc(Cl)c(Cl)c1)NC1(C(=O)NCc2cc(CO)ccn2)CCCCC1. The molecule has 3 N–H and O–H groups in total. The summed E-state index contributed by atoms with van der Waals surface area (Å²) in [5, 5.41) is 15.8. The number of benzene rings is 1. The van der Waals surface area contributed by atoms with E-state index in [9.17, 15) is 14.7 Å². The van der Waals surface area contributed by atoms with Gasteiger partial charge in [-0.15, -0.1) is 0 Å². The molecule has 3 rings (SSSR count). The van der Waals surface area contributed by atoms with Crippen molar-refractivity contribution in [2.24, 2.45) is 0 Å². The van der Waals surface area contributed by atoms with Gasteiger partial charge >= 0.3 is 0 Å². The van der Waals surface area contributed by atoms with E-state index in [1.807, 2.05) is 0 Å². The molecule has 31 heavy (non-hydrogen) atoms. The van der Waals surface area contributed by atoms with Crippen molar-refractivity contribution in [1.82, 2.24) is 15.6 Å². The molecule has 2 aromatic rings. The van der Waals surface area contributed by atoms with E-state index in [2.05, 4.69) is 15.6 Å². The highest BCUT2D eigenvalue weighted by Gasteiger charge is 2.40. The van der Waals surface area contributed by atoms with Crippen molar-refractivity contribution in [1.29, 1.82) is 0 Å². The van der Waals surface area contributed by atoms with E-state index in [0.29, 0.717) is 34.3 Å². The lowest BCUT2D eigenvalue weighted by Gasteiger charge is -2.36. The molecule has 9 heteroatoms. The first-order chi connectivity index (χ1) is 14.9. The van der Waals surface area contributed by atoms with E-state index < -0.39 is 5.54 Å². The Morgan fingerprint density at radius 1 is 1.10 bits per heavy atom. The van der Waals surface area contributed by atoms with Gasteiger partial charge in [-0.1, -0.05) is 42.5 Å². The maximum Gasteiger partial charge on any atom is 0.258 e. The number of hydrogen-bond acceptors (Lipinski definition) is 5. The first-order valence-electron chi connectivity index (χ1n) is 10.1. The fraction of sp³-hybridized carbons (Fsp3) is 0.409. The minimum atomic E-state index is -0.981. The summed E-state index contributed by atoms with van der Waals surface area (Å²) in [7, 11) is 0. The van der Waals surface area contributed by atoms with Crippen LogP contribution in [0.1, 0.15) is 43.4 Å². The number of amides is 2. The van der Waals surface area contributed by atoms with Crippen LogP contribution in [-0.2, 0) is 22.7 Å². The predicted molar refractivity (Wildman–Crippen MR) is 118 cm³/mol. The summed E-state index contributed by atoms with van der Waals surface area (Å²) < 4.78 is 5.50. The Morgan fingerprint density at radius 2 is 1.87 bits per heavy atom. The highest BCUT2D eigenvalue weighted by Crippen LogP contribution is 2.29. The van der Waals surface area contributed by atoms with Crippen LogP contribution in [-0.4, -0.2) is 34.1 Å². The average Bonchev–Trinajstić information content (AvgIpc) is 2.79. The molecule has 0 bridgehead atoms. The molecule has 0 atom stereocenters. The van der Waals surface area contributed by atoms with E-state index in [1.165, 1.54) is 6.07 Å². The Balaban J connectivity index is 1.61. The van der Waals surface area contributed by atoms with Crippen LogP contribution in [0, 0.1) is 0 Å². The Hall–Kier alpha value is -2.35. The van der Waals surface area contributed by atoms with Crippen LogP contribution in [0.15, 0.2) is 36.5 Å². The second-order valence-electron chi connectivity index (χ2n) is 7.55. The quantitative estimate of drug-likeness (QED) is 0.554. The molecule has 2 amide bonds. The molecule has 166 valence electrons. The first-order valence-corrected chi connectivity index (χ1v) is 10.9.